The predicted molar refractivity (Wildman–Crippen MR) is 75.3 cm³/mol. The molecule has 0 spiro atoms. The molecule has 0 heterocycles. The fourth-order valence-corrected chi connectivity index (χ4v) is 1.70. The molecule has 0 fully saturated rings. The van der Waals surface area contributed by atoms with Gasteiger partial charge in [0.2, 0.25) is 5.91 Å². The van der Waals surface area contributed by atoms with Gasteiger partial charge in [0.05, 0.1) is 6.54 Å². The molecular weight excluding hydrogens is 280 g/mol. The van der Waals surface area contributed by atoms with Crippen LogP contribution in [0.4, 0.5) is 5.69 Å². The van der Waals surface area contributed by atoms with Gasteiger partial charge < -0.3 is 10.6 Å². The van der Waals surface area contributed by atoms with Crippen molar-refractivity contribution in [3.05, 3.63) is 28.2 Å². The average Bonchev–Trinajstić information content (AvgIpc) is 2.30. The van der Waals surface area contributed by atoms with Crippen LogP contribution in [-0.4, -0.2) is 18.5 Å². The van der Waals surface area contributed by atoms with Gasteiger partial charge >= 0.3 is 0 Å². The number of hydrogen-bond donors (Lipinski definition) is 2. The van der Waals surface area contributed by atoms with Gasteiger partial charge in [0.15, 0.2) is 0 Å². The minimum Gasteiger partial charge on any atom is -0.325 e. The summed E-state index contributed by atoms with van der Waals surface area (Å²) >= 11 is 3.39. The van der Waals surface area contributed by atoms with Crippen molar-refractivity contribution in [2.75, 3.05) is 11.9 Å². The van der Waals surface area contributed by atoms with Crippen molar-refractivity contribution < 1.29 is 4.79 Å². The van der Waals surface area contributed by atoms with Gasteiger partial charge in [0, 0.05) is 16.2 Å². The normalized spacial score (nSPS) is 12.2. The van der Waals surface area contributed by atoms with E-state index in [1.54, 1.807) is 0 Å². The monoisotopic (exact) mass is 298 g/mol. The molecule has 0 aromatic heterocycles. The number of hydrogen-bond acceptors (Lipinski definition) is 2. The summed E-state index contributed by atoms with van der Waals surface area (Å²) < 4.78 is 0.966. The molecule has 1 aromatic carbocycles. The van der Waals surface area contributed by atoms with Gasteiger partial charge in [0.25, 0.3) is 0 Å². The van der Waals surface area contributed by atoms with Crippen LogP contribution < -0.4 is 10.6 Å². The second kappa shape index (κ2) is 6.77. The smallest absolute Gasteiger partial charge is 0.238 e. The third-order valence-corrected chi connectivity index (χ3v) is 3.19. The highest BCUT2D eigenvalue weighted by Crippen LogP contribution is 2.20. The van der Waals surface area contributed by atoms with Gasteiger partial charge in [-0.15, -0.1) is 0 Å². The van der Waals surface area contributed by atoms with Gasteiger partial charge in [-0.25, -0.2) is 0 Å². The van der Waals surface area contributed by atoms with E-state index in [2.05, 4.69) is 40.4 Å². The summed E-state index contributed by atoms with van der Waals surface area (Å²) in [5.41, 5.74) is 1.92. The van der Waals surface area contributed by atoms with Crippen LogP contribution in [0.3, 0.4) is 0 Å². The van der Waals surface area contributed by atoms with Crippen LogP contribution in [0, 0.1) is 6.92 Å². The average molecular weight is 299 g/mol. The van der Waals surface area contributed by atoms with Gasteiger partial charge in [-0.05, 0) is 38.0 Å². The quantitative estimate of drug-likeness (QED) is 0.877. The molecular formula is C13H19BrN2O. The molecule has 1 amide bonds. The van der Waals surface area contributed by atoms with Crippen LogP contribution in [0.15, 0.2) is 22.7 Å². The van der Waals surface area contributed by atoms with Crippen molar-refractivity contribution in [1.29, 1.82) is 0 Å². The zero-order valence-electron chi connectivity index (χ0n) is 10.5. The molecule has 0 aliphatic rings. The van der Waals surface area contributed by atoms with E-state index in [1.165, 1.54) is 0 Å². The first-order chi connectivity index (χ1) is 8.02. The number of nitrogens with one attached hydrogen (secondary N) is 2. The van der Waals surface area contributed by atoms with E-state index in [1.807, 2.05) is 25.1 Å². The SMILES string of the molecule is CCC(C)NCC(=O)Nc1cc(Br)ccc1C. The number of halogens is 1. The van der Waals surface area contributed by atoms with Crippen LogP contribution in [0.1, 0.15) is 25.8 Å². The minimum atomic E-state index is -0.00787. The Balaban J connectivity index is 2.53. The number of anilines is 1. The Labute approximate surface area is 111 Å². The summed E-state index contributed by atoms with van der Waals surface area (Å²) in [5.74, 6) is -0.00787. The number of benzene rings is 1. The Hall–Kier alpha value is -0.870. The van der Waals surface area contributed by atoms with Gasteiger partial charge in [-0.2, -0.15) is 0 Å². The summed E-state index contributed by atoms with van der Waals surface area (Å²) in [6.07, 6.45) is 1.02. The first-order valence-electron chi connectivity index (χ1n) is 5.82. The standard InChI is InChI=1S/C13H19BrN2O/c1-4-10(3)15-8-13(17)16-12-7-11(14)6-5-9(12)2/h5-7,10,15H,4,8H2,1-3H3,(H,16,17). The predicted octanol–water partition coefficient (Wildman–Crippen LogP) is 3.08. The van der Waals surface area contributed by atoms with E-state index in [9.17, 15) is 4.79 Å². The van der Waals surface area contributed by atoms with Crippen molar-refractivity contribution in [3.8, 4) is 0 Å². The van der Waals surface area contributed by atoms with Crippen LogP contribution in [-0.2, 0) is 4.79 Å². The zero-order valence-corrected chi connectivity index (χ0v) is 12.1. The molecule has 0 aliphatic carbocycles. The Kier molecular flexibility index (Phi) is 5.65. The van der Waals surface area contributed by atoms with E-state index in [4.69, 9.17) is 0 Å². The van der Waals surface area contributed by atoms with Crippen molar-refractivity contribution in [3.63, 3.8) is 0 Å². The summed E-state index contributed by atoms with van der Waals surface area (Å²) in [6.45, 7) is 6.48. The molecule has 0 bridgehead atoms. The lowest BCUT2D eigenvalue weighted by Crippen LogP contribution is -2.34. The fraction of sp³-hybridized carbons (Fsp3) is 0.462. The van der Waals surface area contributed by atoms with E-state index in [0.717, 1.165) is 22.1 Å². The molecule has 0 aliphatic heterocycles. The highest BCUT2D eigenvalue weighted by molar-refractivity contribution is 9.10. The molecule has 0 radical (unpaired) electrons. The summed E-state index contributed by atoms with van der Waals surface area (Å²) in [7, 11) is 0. The number of amides is 1. The van der Waals surface area contributed by atoms with E-state index in [-0.39, 0.29) is 5.91 Å². The molecule has 2 N–H and O–H groups in total. The lowest BCUT2D eigenvalue weighted by Gasteiger charge is -2.12. The van der Waals surface area contributed by atoms with Crippen molar-refractivity contribution >= 4 is 27.5 Å². The second-order valence-electron chi connectivity index (χ2n) is 4.20. The summed E-state index contributed by atoms with van der Waals surface area (Å²) in [4.78, 5) is 11.7. The molecule has 1 rings (SSSR count). The number of rotatable bonds is 5. The molecule has 17 heavy (non-hydrogen) atoms. The minimum absolute atomic E-state index is 0.00787. The number of carbonyl (C=O) groups is 1. The van der Waals surface area contributed by atoms with Gasteiger partial charge in [-0.1, -0.05) is 28.9 Å². The summed E-state index contributed by atoms with van der Waals surface area (Å²) in [6, 6.07) is 6.21. The third kappa shape index (κ3) is 4.88. The lowest BCUT2D eigenvalue weighted by atomic mass is 10.2. The van der Waals surface area contributed by atoms with Crippen LogP contribution in [0.25, 0.3) is 0 Å². The van der Waals surface area contributed by atoms with Gasteiger partial charge in [0.1, 0.15) is 0 Å². The molecule has 3 nitrogen and oxygen atoms in total. The van der Waals surface area contributed by atoms with Crippen molar-refractivity contribution in [2.45, 2.75) is 33.2 Å². The lowest BCUT2D eigenvalue weighted by molar-refractivity contribution is -0.115. The molecule has 1 aromatic rings. The summed E-state index contributed by atoms with van der Waals surface area (Å²) in [5, 5.41) is 6.06. The molecule has 0 saturated carbocycles. The first kappa shape index (κ1) is 14.2. The van der Waals surface area contributed by atoms with Crippen LogP contribution in [0.5, 0.6) is 0 Å². The second-order valence-corrected chi connectivity index (χ2v) is 5.11. The van der Waals surface area contributed by atoms with E-state index in [0.29, 0.717) is 12.6 Å². The molecule has 0 saturated heterocycles. The fourth-order valence-electron chi connectivity index (χ4n) is 1.33. The third-order valence-electron chi connectivity index (χ3n) is 2.70. The number of aryl methyl sites for hydroxylation is 1. The van der Waals surface area contributed by atoms with E-state index < -0.39 is 0 Å². The van der Waals surface area contributed by atoms with Crippen LogP contribution in [0.2, 0.25) is 0 Å². The topological polar surface area (TPSA) is 41.1 Å². The highest BCUT2D eigenvalue weighted by atomic mass is 79.9. The maximum Gasteiger partial charge on any atom is 0.238 e. The Morgan fingerprint density at radius 3 is 2.82 bits per heavy atom. The number of carbonyl (C=O) groups excluding carboxylic acids is 1. The maximum atomic E-state index is 11.7. The zero-order chi connectivity index (χ0) is 12.8. The Bertz CT molecular complexity index is 393. The Morgan fingerprint density at radius 2 is 2.18 bits per heavy atom. The van der Waals surface area contributed by atoms with Crippen molar-refractivity contribution in [2.24, 2.45) is 0 Å². The van der Waals surface area contributed by atoms with Crippen molar-refractivity contribution in [1.82, 2.24) is 5.32 Å². The highest BCUT2D eigenvalue weighted by Gasteiger charge is 2.06. The molecule has 1 unspecified atom stereocenters. The molecule has 1 atom stereocenters. The van der Waals surface area contributed by atoms with E-state index >= 15 is 0 Å². The largest absolute Gasteiger partial charge is 0.325 e. The maximum absolute atomic E-state index is 11.7. The Morgan fingerprint density at radius 1 is 1.47 bits per heavy atom. The van der Waals surface area contributed by atoms with Crippen LogP contribution >= 0.6 is 15.9 Å². The molecule has 94 valence electrons. The van der Waals surface area contributed by atoms with Gasteiger partial charge in [-0.3, -0.25) is 4.79 Å². The molecule has 4 heteroatoms. The first-order valence-corrected chi connectivity index (χ1v) is 6.61.